The summed E-state index contributed by atoms with van der Waals surface area (Å²) in [5.74, 6) is 0.870. The summed E-state index contributed by atoms with van der Waals surface area (Å²) in [6, 6.07) is 16.8. The number of fused-ring (bicyclic) bond motifs is 1. The van der Waals surface area contributed by atoms with Gasteiger partial charge in [0.05, 0.1) is 12.0 Å². The van der Waals surface area contributed by atoms with Gasteiger partial charge in [-0.15, -0.1) is 0 Å². The normalized spacial score (nSPS) is 13.0. The Morgan fingerprint density at radius 1 is 1.00 bits per heavy atom. The molecule has 2 heterocycles. The first-order valence-electron chi connectivity index (χ1n) is 9.87. The van der Waals surface area contributed by atoms with Crippen LogP contribution in [0.4, 0.5) is 10.2 Å². The highest BCUT2D eigenvalue weighted by molar-refractivity contribution is 5.95. The summed E-state index contributed by atoms with van der Waals surface area (Å²) in [6.07, 6.45) is 2.44. The zero-order chi connectivity index (χ0) is 21.8. The first kappa shape index (κ1) is 20.7. The van der Waals surface area contributed by atoms with Crippen LogP contribution in [-0.2, 0) is 0 Å². The van der Waals surface area contributed by atoms with Crippen LogP contribution < -0.4 is 10.1 Å². The summed E-state index contributed by atoms with van der Waals surface area (Å²) in [6.45, 7) is 1.66. The van der Waals surface area contributed by atoms with Gasteiger partial charge in [-0.2, -0.15) is 0 Å². The molecule has 0 saturated carbocycles. The van der Waals surface area contributed by atoms with E-state index < -0.39 is 11.9 Å². The summed E-state index contributed by atoms with van der Waals surface area (Å²) in [7, 11) is 0. The number of halogens is 1. The SMILES string of the molecule is C[C@H](Nc1nccc2ccnc(Oc3cccc(F)c3)c12)c1ccc(C(O)CO)cc1. The number of benzene rings is 2. The molecule has 6 nitrogen and oxygen atoms in total. The summed E-state index contributed by atoms with van der Waals surface area (Å²) in [4.78, 5) is 8.81. The van der Waals surface area contributed by atoms with Gasteiger partial charge in [-0.1, -0.05) is 30.3 Å². The molecular formula is C24H22FN3O3. The van der Waals surface area contributed by atoms with Crippen LogP contribution in [0.15, 0.2) is 73.1 Å². The van der Waals surface area contributed by atoms with Crippen molar-refractivity contribution in [1.82, 2.24) is 9.97 Å². The van der Waals surface area contributed by atoms with E-state index in [0.29, 0.717) is 28.4 Å². The average Bonchev–Trinajstić information content (AvgIpc) is 2.79. The molecule has 0 saturated heterocycles. The Hall–Kier alpha value is -3.55. The maximum atomic E-state index is 13.6. The molecule has 31 heavy (non-hydrogen) atoms. The summed E-state index contributed by atoms with van der Waals surface area (Å²) in [5, 5.41) is 23.8. The third kappa shape index (κ3) is 4.63. The predicted molar refractivity (Wildman–Crippen MR) is 117 cm³/mol. The lowest BCUT2D eigenvalue weighted by molar-refractivity contribution is 0.0956. The first-order valence-corrected chi connectivity index (χ1v) is 9.87. The van der Waals surface area contributed by atoms with Gasteiger partial charge in [-0.25, -0.2) is 14.4 Å². The standard InChI is InChI=1S/C24H22FN3O3/c1-15(16-5-7-17(8-6-16)21(30)14-29)28-23-22-18(9-11-26-23)10-12-27-24(22)31-20-4-2-3-19(25)13-20/h2-13,15,21,29-30H,14H2,1H3,(H,26,28)/t15-,21?/m0/s1. The van der Waals surface area contributed by atoms with E-state index >= 15 is 0 Å². The number of nitrogens with zero attached hydrogens (tertiary/aromatic N) is 2. The van der Waals surface area contributed by atoms with Crippen LogP contribution in [0.1, 0.15) is 30.2 Å². The van der Waals surface area contributed by atoms with Gasteiger partial charge in [0.1, 0.15) is 23.5 Å². The number of aromatic nitrogens is 2. The zero-order valence-corrected chi connectivity index (χ0v) is 16.9. The molecule has 2 atom stereocenters. The van der Waals surface area contributed by atoms with Crippen LogP contribution in [0.5, 0.6) is 11.6 Å². The Kier molecular flexibility index (Phi) is 6.06. The monoisotopic (exact) mass is 419 g/mol. The molecule has 0 radical (unpaired) electrons. The average molecular weight is 419 g/mol. The fraction of sp³-hybridized carbons (Fsp3) is 0.167. The highest BCUT2D eigenvalue weighted by atomic mass is 19.1. The minimum atomic E-state index is -0.898. The molecule has 4 aromatic rings. The first-order chi connectivity index (χ1) is 15.0. The van der Waals surface area contributed by atoms with Gasteiger partial charge in [0.15, 0.2) is 0 Å². The quantitative estimate of drug-likeness (QED) is 0.400. The van der Waals surface area contributed by atoms with E-state index in [1.54, 1.807) is 36.7 Å². The van der Waals surface area contributed by atoms with E-state index in [1.165, 1.54) is 12.1 Å². The highest BCUT2D eigenvalue weighted by Crippen LogP contribution is 2.34. The molecule has 2 aromatic heterocycles. The largest absolute Gasteiger partial charge is 0.438 e. The van der Waals surface area contributed by atoms with Crippen LogP contribution in [0.25, 0.3) is 10.8 Å². The number of ether oxygens (including phenoxy) is 1. The maximum absolute atomic E-state index is 13.6. The van der Waals surface area contributed by atoms with E-state index in [-0.39, 0.29) is 12.6 Å². The van der Waals surface area contributed by atoms with Crippen molar-refractivity contribution in [1.29, 1.82) is 0 Å². The number of aliphatic hydroxyl groups is 2. The van der Waals surface area contributed by atoms with Crippen molar-refractivity contribution in [3.05, 3.63) is 90.0 Å². The van der Waals surface area contributed by atoms with E-state index in [9.17, 15) is 9.50 Å². The van der Waals surface area contributed by atoms with Gasteiger partial charge in [0.25, 0.3) is 0 Å². The predicted octanol–water partition coefficient (Wildman–Crippen LogP) is 4.76. The molecule has 0 spiro atoms. The lowest BCUT2D eigenvalue weighted by Crippen LogP contribution is -2.09. The van der Waals surface area contributed by atoms with Crippen LogP contribution in [-0.4, -0.2) is 26.8 Å². The number of hydrogen-bond acceptors (Lipinski definition) is 6. The molecule has 2 aromatic carbocycles. The molecule has 4 rings (SSSR count). The minimum absolute atomic E-state index is 0.111. The maximum Gasteiger partial charge on any atom is 0.230 e. The molecular weight excluding hydrogens is 397 g/mol. The second kappa shape index (κ2) is 9.07. The molecule has 0 aliphatic heterocycles. The fourth-order valence-corrected chi connectivity index (χ4v) is 3.32. The van der Waals surface area contributed by atoms with Gasteiger partial charge in [-0.05, 0) is 47.7 Å². The van der Waals surface area contributed by atoms with Gasteiger partial charge in [0, 0.05) is 24.5 Å². The van der Waals surface area contributed by atoms with Crippen LogP contribution >= 0.6 is 0 Å². The van der Waals surface area contributed by atoms with Crippen LogP contribution in [0.2, 0.25) is 0 Å². The van der Waals surface area contributed by atoms with E-state index in [2.05, 4.69) is 15.3 Å². The van der Waals surface area contributed by atoms with Crippen LogP contribution in [0, 0.1) is 5.82 Å². The molecule has 7 heteroatoms. The zero-order valence-electron chi connectivity index (χ0n) is 16.9. The Morgan fingerprint density at radius 2 is 1.71 bits per heavy atom. The minimum Gasteiger partial charge on any atom is -0.438 e. The summed E-state index contributed by atoms with van der Waals surface area (Å²) >= 11 is 0. The molecule has 3 N–H and O–H groups in total. The fourth-order valence-electron chi connectivity index (χ4n) is 3.32. The Bertz CT molecular complexity index is 1180. The number of rotatable bonds is 7. The van der Waals surface area contributed by atoms with Gasteiger partial charge in [0.2, 0.25) is 5.88 Å². The molecule has 0 bridgehead atoms. The lowest BCUT2D eigenvalue weighted by atomic mass is 10.0. The number of pyridine rings is 2. The molecule has 0 fully saturated rings. The third-order valence-electron chi connectivity index (χ3n) is 5.00. The lowest BCUT2D eigenvalue weighted by Gasteiger charge is -2.18. The van der Waals surface area contributed by atoms with Gasteiger partial charge < -0.3 is 20.3 Å². The van der Waals surface area contributed by atoms with Crippen molar-refractivity contribution in [3.63, 3.8) is 0 Å². The number of nitrogens with one attached hydrogen (secondary N) is 1. The van der Waals surface area contributed by atoms with Crippen molar-refractivity contribution in [3.8, 4) is 11.6 Å². The van der Waals surface area contributed by atoms with Crippen molar-refractivity contribution < 1.29 is 19.3 Å². The molecule has 0 aliphatic rings. The summed E-state index contributed by atoms with van der Waals surface area (Å²) in [5.41, 5.74) is 1.63. The second-order valence-corrected chi connectivity index (χ2v) is 7.16. The topological polar surface area (TPSA) is 87.5 Å². The van der Waals surface area contributed by atoms with Crippen molar-refractivity contribution >= 4 is 16.6 Å². The number of aliphatic hydroxyl groups excluding tert-OH is 2. The third-order valence-corrected chi connectivity index (χ3v) is 5.00. The Morgan fingerprint density at radius 3 is 2.42 bits per heavy atom. The summed E-state index contributed by atoms with van der Waals surface area (Å²) < 4.78 is 19.4. The van der Waals surface area contributed by atoms with Crippen LogP contribution in [0.3, 0.4) is 0 Å². The highest BCUT2D eigenvalue weighted by Gasteiger charge is 2.15. The van der Waals surface area contributed by atoms with Crippen molar-refractivity contribution in [2.45, 2.75) is 19.1 Å². The number of anilines is 1. The van der Waals surface area contributed by atoms with Crippen molar-refractivity contribution in [2.75, 3.05) is 11.9 Å². The van der Waals surface area contributed by atoms with Gasteiger partial charge >= 0.3 is 0 Å². The second-order valence-electron chi connectivity index (χ2n) is 7.16. The Labute approximate surface area is 179 Å². The van der Waals surface area contributed by atoms with E-state index in [0.717, 1.165) is 10.9 Å². The van der Waals surface area contributed by atoms with Crippen molar-refractivity contribution in [2.24, 2.45) is 0 Å². The number of hydrogen-bond donors (Lipinski definition) is 3. The molecule has 158 valence electrons. The van der Waals surface area contributed by atoms with Gasteiger partial charge in [-0.3, -0.25) is 0 Å². The molecule has 0 amide bonds. The van der Waals surface area contributed by atoms with E-state index in [4.69, 9.17) is 9.84 Å². The molecule has 1 unspecified atom stereocenters. The molecule has 0 aliphatic carbocycles. The van der Waals surface area contributed by atoms with E-state index in [1.807, 2.05) is 31.2 Å². The smallest absolute Gasteiger partial charge is 0.230 e. The Balaban J connectivity index is 1.64.